The van der Waals surface area contributed by atoms with Crippen LogP contribution in [0.4, 0.5) is 0 Å². The highest BCUT2D eigenvalue weighted by atomic mass is 16.4. The third-order valence-corrected chi connectivity index (χ3v) is 3.47. The number of carbonyl (C=O) groups is 2. The largest absolute Gasteiger partial charge is 0.479 e. The van der Waals surface area contributed by atoms with Crippen molar-refractivity contribution in [2.24, 2.45) is 0 Å². The highest BCUT2D eigenvalue weighted by molar-refractivity contribution is 5.84. The molecule has 1 aliphatic rings. The van der Waals surface area contributed by atoms with E-state index < -0.39 is 17.6 Å². The molecule has 2 atom stereocenters. The molecule has 0 bridgehead atoms. The Hall–Kier alpha value is -1.92. The van der Waals surface area contributed by atoms with Crippen molar-refractivity contribution in [2.75, 3.05) is 6.54 Å². The fourth-order valence-corrected chi connectivity index (χ4v) is 2.10. The number of carboxylic acid groups (broad SMARTS) is 1. The molecular formula is C14H18N2O4. The molecule has 4 N–H and O–H groups in total. The van der Waals surface area contributed by atoms with Crippen LogP contribution in [0.1, 0.15) is 18.1 Å². The first-order valence-corrected chi connectivity index (χ1v) is 6.44. The molecule has 0 spiro atoms. The zero-order valence-electron chi connectivity index (χ0n) is 11.2. The van der Waals surface area contributed by atoms with Crippen LogP contribution >= 0.6 is 0 Å². The van der Waals surface area contributed by atoms with E-state index in [0.717, 1.165) is 18.1 Å². The van der Waals surface area contributed by atoms with Crippen LogP contribution in [0.25, 0.3) is 0 Å². The molecular weight excluding hydrogens is 260 g/mol. The van der Waals surface area contributed by atoms with Gasteiger partial charge in [-0.05, 0) is 24.5 Å². The zero-order valence-corrected chi connectivity index (χ0v) is 11.2. The van der Waals surface area contributed by atoms with E-state index in [2.05, 4.69) is 10.6 Å². The normalized spacial score (nSPS) is 20.6. The molecule has 0 saturated heterocycles. The summed E-state index contributed by atoms with van der Waals surface area (Å²) in [6.07, 6.45) is 0.553. The van der Waals surface area contributed by atoms with Crippen molar-refractivity contribution in [3.05, 3.63) is 35.4 Å². The lowest BCUT2D eigenvalue weighted by Crippen LogP contribution is -2.53. The maximum absolute atomic E-state index is 12.0. The fraction of sp³-hybridized carbons (Fsp3) is 0.429. The maximum atomic E-state index is 12.0. The monoisotopic (exact) mass is 278 g/mol. The Labute approximate surface area is 116 Å². The van der Waals surface area contributed by atoms with Crippen LogP contribution in [0.3, 0.4) is 0 Å². The summed E-state index contributed by atoms with van der Waals surface area (Å²) in [4.78, 5) is 22.8. The molecule has 1 heterocycles. The van der Waals surface area contributed by atoms with Crippen molar-refractivity contribution in [2.45, 2.75) is 31.5 Å². The summed E-state index contributed by atoms with van der Waals surface area (Å²) in [5.74, 6) is -1.67. The third kappa shape index (κ3) is 3.15. The number of amides is 1. The molecule has 1 unspecified atom stereocenters. The van der Waals surface area contributed by atoms with E-state index in [1.807, 2.05) is 24.3 Å². The first kappa shape index (κ1) is 14.5. The first-order chi connectivity index (χ1) is 9.40. The predicted octanol–water partition coefficient (Wildman–Crippen LogP) is -0.347. The molecule has 0 fully saturated rings. The van der Waals surface area contributed by atoms with E-state index >= 15 is 0 Å². The van der Waals surface area contributed by atoms with Gasteiger partial charge in [0.05, 0.1) is 12.6 Å². The number of aliphatic carboxylic acids is 1. The topological polar surface area (TPSA) is 98.7 Å². The number of carbonyl (C=O) groups excluding carboxylic acids is 1. The molecule has 0 aromatic heterocycles. The second kappa shape index (κ2) is 5.60. The van der Waals surface area contributed by atoms with Crippen molar-refractivity contribution < 1.29 is 19.8 Å². The summed E-state index contributed by atoms with van der Waals surface area (Å²) in [7, 11) is 0. The number of carboxylic acids is 1. The van der Waals surface area contributed by atoms with Gasteiger partial charge >= 0.3 is 5.97 Å². The molecule has 0 aliphatic carbocycles. The quantitative estimate of drug-likeness (QED) is 0.603. The van der Waals surface area contributed by atoms with Gasteiger partial charge in [-0.25, -0.2) is 4.79 Å². The Morgan fingerprint density at radius 2 is 2.05 bits per heavy atom. The lowest BCUT2D eigenvalue weighted by molar-refractivity contribution is -0.156. The van der Waals surface area contributed by atoms with Crippen molar-refractivity contribution >= 4 is 11.9 Å². The molecule has 0 saturated carbocycles. The smallest absolute Gasteiger partial charge is 0.337 e. The van der Waals surface area contributed by atoms with Crippen LogP contribution < -0.4 is 10.6 Å². The van der Waals surface area contributed by atoms with Gasteiger partial charge in [0.2, 0.25) is 5.91 Å². The summed E-state index contributed by atoms with van der Waals surface area (Å²) in [6.45, 7) is 1.43. The molecule has 1 aliphatic heterocycles. The molecule has 20 heavy (non-hydrogen) atoms. The number of rotatable bonds is 4. The van der Waals surface area contributed by atoms with Crippen molar-refractivity contribution in [1.82, 2.24) is 10.6 Å². The minimum Gasteiger partial charge on any atom is -0.479 e. The van der Waals surface area contributed by atoms with E-state index in [0.29, 0.717) is 13.0 Å². The molecule has 1 aromatic rings. The highest BCUT2D eigenvalue weighted by Crippen LogP contribution is 2.16. The van der Waals surface area contributed by atoms with Crippen LogP contribution in [0.5, 0.6) is 0 Å². The van der Waals surface area contributed by atoms with E-state index in [1.165, 1.54) is 0 Å². The number of benzene rings is 1. The van der Waals surface area contributed by atoms with Crippen molar-refractivity contribution in [1.29, 1.82) is 0 Å². The summed E-state index contributed by atoms with van der Waals surface area (Å²) >= 11 is 0. The van der Waals surface area contributed by atoms with Gasteiger partial charge < -0.3 is 20.8 Å². The van der Waals surface area contributed by atoms with Crippen LogP contribution in [-0.4, -0.2) is 40.3 Å². The van der Waals surface area contributed by atoms with Gasteiger partial charge in [-0.1, -0.05) is 24.3 Å². The number of hydrogen-bond donors (Lipinski definition) is 4. The molecule has 0 radical (unpaired) electrons. The highest BCUT2D eigenvalue weighted by Gasteiger charge is 2.32. The van der Waals surface area contributed by atoms with Gasteiger partial charge in [-0.2, -0.15) is 0 Å². The lowest BCUT2D eigenvalue weighted by atomic mass is 9.95. The Balaban J connectivity index is 1.94. The Morgan fingerprint density at radius 1 is 1.40 bits per heavy atom. The van der Waals surface area contributed by atoms with Gasteiger partial charge in [0.15, 0.2) is 5.60 Å². The Morgan fingerprint density at radius 3 is 2.70 bits per heavy atom. The van der Waals surface area contributed by atoms with Gasteiger partial charge in [-0.15, -0.1) is 0 Å². The molecule has 108 valence electrons. The SMILES string of the molecule is CC(O)(CNC(=O)[C@@H]1Cc2ccccc2CN1)C(=O)O. The van der Waals surface area contributed by atoms with E-state index in [1.54, 1.807) is 0 Å². The molecule has 1 aromatic carbocycles. The second-order valence-corrected chi connectivity index (χ2v) is 5.20. The van der Waals surface area contributed by atoms with E-state index in [-0.39, 0.29) is 12.5 Å². The first-order valence-electron chi connectivity index (χ1n) is 6.44. The third-order valence-electron chi connectivity index (χ3n) is 3.47. The standard InChI is InChI=1S/C14H18N2O4/c1-14(20,13(18)19)8-16-12(17)11-6-9-4-2-3-5-10(9)7-15-11/h2-5,11,15,20H,6-8H2,1H3,(H,16,17)(H,18,19)/t11-,14?/m0/s1. The summed E-state index contributed by atoms with van der Waals surface area (Å²) in [5, 5.41) is 23.9. The number of hydrogen-bond acceptors (Lipinski definition) is 4. The van der Waals surface area contributed by atoms with Crippen molar-refractivity contribution in [3.8, 4) is 0 Å². The number of nitrogens with one attached hydrogen (secondary N) is 2. The number of aliphatic hydroxyl groups is 1. The summed E-state index contributed by atoms with van der Waals surface area (Å²) in [5.41, 5.74) is 0.313. The fourth-order valence-electron chi connectivity index (χ4n) is 2.10. The molecule has 6 heteroatoms. The molecule has 6 nitrogen and oxygen atoms in total. The minimum atomic E-state index is -1.96. The molecule has 1 amide bonds. The van der Waals surface area contributed by atoms with Gasteiger partial charge in [-0.3, -0.25) is 4.79 Å². The predicted molar refractivity (Wildman–Crippen MR) is 72.0 cm³/mol. The minimum absolute atomic E-state index is 0.305. The van der Waals surface area contributed by atoms with E-state index in [4.69, 9.17) is 5.11 Å². The van der Waals surface area contributed by atoms with E-state index in [9.17, 15) is 14.7 Å². The zero-order chi connectivity index (χ0) is 14.8. The average Bonchev–Trinajstić information content (AvgIpc) is 2.44. The summed E-state index contributed by atoms with van der Waals surface area (Å²) < 4.78 is 0. The van der Waals surface area contributed by atoms with Crippen molar-refractivity contribution in [3.63, 3.8) is 0 Å². The average molecular weight is 278 g/mol. The lowest BCUT2D eigenvalue weighted by Gasteiger charge is -2.26. The summed E-state index contributed by atoms with van der Waals surface area (Å²) in [6, 6.07) is 7.45. The Bertz CT molecular complexity index is 528. The Kier molecular flexibility index (Phi) is 4.06. The van der Waals surface area contributed by atoms with Crippen LogP contribution in [-0.2, 0) is 22.6 Å². The second-order valence-electron chi connectivity index (χ2n) is 5.20. The number of fused-ring (bicyclic) bond motifs is 1. The van der Waals surface area contributed by atoms with Gasteiger partial charge in [0.1, 0.15) is 0 Å². The van der Waals surface area contributed by atoms with Crippen LogP contribution in [0.2, 0.25) is 0 Å². The van der Waals surface area contributed by atoms with Crippen LogP contribution in [0.15, 0.2) is 24.3 Å². The van der Waals surface area contributed by atoms with Gasteiger partial charge in [0.25, 0.3) is 0 Å². The molecule has 2 rings (SSSR count). The van der Waals surface area contributed by atoms with Crippen LogP contribution in [0, 0.1) is 0 Å². The maximum Gasteiger partial charge on any atom is 0.337 e. The van der Waals surface area contributed by atoms with Gasteiger partial charge in [0, 0.05) is 6.54 Å².